The normalized spacial score (nSPS) is 10.7. The molecule has 18 heavy (non-hydrogen) atoms. The molecule has 1 heterocycles. The Labute approximate surface area is 108 Å². The number of nitrogens with two attached hydrogens (primary N) is 1. The van der Waals surface area contributed by atoms with Gasteiger partial charge in [0.2, 0.25) is 0 Å². The Morgan fingerprint density at radius 3 is 2.28 bits per heavy atom. The van der Waals surface area contributed by atoms with Gasteiger partial charge in [-0.3, -0.25) is 0 Å². The van der Waals surface area contributed by atoms with Crippen molar-refractivity contribution in [3.63, 3.8) is 0 Å². The molecule has 0 bridgehead atoms. The number of rotatable bonds is 4. The van der Waals surface area contributed by atoms with Gasteiger partial charge in [-0.2, -0.15) is 0 Å². The zero-order chi connectivity index (χ0) is 13.1. The van der Waals surface area contributed by atoms with Crippen molar-refractivity contribution >= 4 is 0 Å². The molecule has 0 aliphatic rings. The van der Waals surface area contributed by atoms with E-state index in [1.54, 1.807) is 0 Å². The van der Waals surface area contributed by atoms with Gasteiger partial charge in [0.25, 0.3) is 0 Å². The maximum absolute atomic E-state index is 5.79. The molecule has 0 radical (unpaired) electrons. The first-order valence-electron chi connectivity index (χ1n) is 6.08. The van der Waals surface area contributed by atoms with Crippen molar-refractivity contribution in [1.29, 1.82) is 0 Å². The Morgan fingerprint density at radius 1 is 1.06 bits per heavy atom. The van der Waals surface area contributed by atoms with Crippen molar-refractivity contribution in [2.75, 3.05) is 0 Å². The molecule has 0 spiro atoms. The molecule has 2 rings (SSSR count). The highest BCUT2D eigenvalue weighted by atomic mass is 16.5. The minimum atomic E-state index is 0.421. The summed E-state index contributed by atoms with van der Waals surface area (Å²) in [6.07, 6.45) is 0. The van der Waals surface area contributed by atoms with Crippen molar-refractivity contribution in [1.82, 2.24) is 0 Å². The van der Waals surface area contributed by atoms with Crippen LogP contribution in [0.15, 0.2) is 28.7 Å². The second-order valence-corrected chi connectivity index (χ2v) is 4.61. The summed E-state index contributed by atoms with van der Waals surface area (Å²) in [5.41, 5.74) is 9.01. The second-order valence-electron chi connectivity index (χ2n) is 4.61. The van der Waals surface area contributed by atoms with Gasteiger partial charge in [0.15, 0.2) is 0 Å². The Balaban J connectivity index is 2.08. The van der Waals surface area contributed by atoms with Crippen LogP contribution in [-0.2, 0) is 13.2 Å². The van der Waals surface area contributed by atoms with Crippen LogP contribution >= 0.6 is 0 Å². The monoisotopic (exact) mass is 245 g/mol. The highest BCUT2D eigenvalue weighted by Gasteiger charge is 2.07. The standard InChI is InChI=1S/C15H19NO2/c1-10-4-11(2)6-14(5-10)17-9-13-7-15(8-16)18-12(13)3/h4-7H,8-9,16H2,1-3H3. The molecule has 0 saturated carbocycles. The average molecular weight is 245 g/mol. The molecule has 0 atom stereocenters. The third-order valence-electron chi connectivity index (χ3n) is 2.86. The van der Waals surface area contributed by atoms with Crippen molar-refractivity contribution in [2.24, 2.45) is 5.73 Å². The van der Waals surface area contributed by atoms with Crippen LogP contribution in [-0.4, -0.2) is 0 Å². The Bertz CT molecular complexity index is 523. The molecular weight excluding hydrogens is 226 g/mol. The van der Waals surface area contributed by atoms with Gasteiger partial charge in [-0.25, -0.2) is 0 Å². The summed E-state index contributed by atoms with van der Waals surface area (Å²) in [6.45, 7) is 6.99. The molecular formula is C15H19NO2. The van der Waals surface area contributed by atoms with Gasteiger partial charge in [-0.15, -0.1) is 0 Å². The first kappa shape index (κ1) is 12.7. The van der Waals surface area contributed by atoms with Crippen LogP contribution in [0.4, 0.5) is 0 Å². The van der Waals surface area contributed by atoms with E-state index in [1.807, 2.05) is 25.1 Å². The van der Waals surface area contributed by atoms with Crippen LogP contribution in [0.1, 0.15) is 28.2 Å². The van der Waals surface area contributed by atoms with Gasteiger partial charge in [0.05, 0.1) is 6.54 Å². The lowest BCUT2D eigenvalue weighted by atomic mass is 10.1. The van der Waals surface area contributed by atoms with E-state index in [0.29, 0.717) is 13.2 Å². The van der Waals surface area contributed by atoms with E-state index < -0.39 is 0 Å². The Morgan fingerprint density at radius 2 is 1.72 bits per heavy atom. The van der Waals surface area contributed by atoms with Crippen LogP contribution in [0.25, 0.3) is 0 Å². The van der Waals surface area contributed by atoms with Crippen LogP contribution in [0, 0.1) is 20.8 Å². The van der Waals surface area contributed by atoms with E-state index >= 15 is 0 Å². The average Bonchev–Trinajstić information content (AvgIpc) is 2.66. The fourth-order valence-corrected chi connectivity index (χ4v) is 2.01. The van der Waals surface area contributed by atoms with Crippen LogP contribution in [0.2, 0.25) is 0 Å². The topological polar surface area (TPSA) is 48.4 Å². The third kappa shape index (κ3) is 2.93. The number of furan rings is 1. The summed E-state index contributed by atoms with van der Waals surface area (Å²) in [4.78, 5) is 0. The first-order chi connectivity index (χ1) is 8.58. The van der Waals surface area contributed by atoms with E-state index in [4.69, 9.17) is 14.9 Å². The molecule has 96 valence electrons. The predicted octanol–water partition coefficient (Wildman–Crippen LogP) is 3.24. The van der Waals surface area contributed by atoms with Crippen molar-refractivity contribution in [2.45, 2.75) is 33.9 Å². The second kappa shape index (κ2) is 5.27. The predicted molar refractivity (Wildman–Crippen MR) is 71.6 cm³/mol. The molecule has 0 amide bonds. The smallest absolute Gasteiger partial charge is 0.120 e. The van der Waals surface area contributed by atoms with E-state index in [1.165, 1.54) is 11.1 Å². The summed E-state index contributed by atoms with van der Waals surface area (Å²) in [6, 6.07) is 8.15. The highest BCUT2D eigenvalue weighted by Crippen LogP contribution is 2.20. The van der Waals surface area contributed by atoms with E-state index in [9.17, 15) is 0 Å². The maximum Gasteiger partial charge on any atom is 0.120 e. The fourth-order valence-electron chi connectivity index (χ4n) is 2.01. The molecule has 3 nitrogen and oxygen atoms in total. The summed E-state index contributed by atoms with van der Waals surface area (Å²) in [7, 11) is 0. The number of benzene rings is 1. The molecule has 1 aromatic carbocycles. The molecule has 0 unspecified atom stereocenters. The molecule has 3 heteroatoms. The number of hydrogen-bond acceptors (Lipinski definition) is 3. The lowest BCUT2D eigenvalue weighted by molar-refractivity contribution is 0.302. The van der Waals surface area contributed by atoms with Crippen LogP contribution in [0.3, 0.4) is 0 Å². The van der Waals surface area contributed by atoms with Crippen molar-refractivity contribution in [3.05, 3.63) is 52.5 Å². The molecule has 1 aromatic heterocycles. The molecule has 2 N–H and O–H groups in total. The van der Waals surface area contributed by atoms with Gasteiger partial charge >= 0.3 is 0 Å². The van der Waals surface area contributed by atoms with E-state index in [2.05, 4.69) is 19.9 Å². The molecule has 0 fully saturated rings. The van der Waals surface area contributed by atoms with Crippen LogP contribution in [0.5, 0.6) is 5.75 Å². The van der Waals surface area contributed by atoms with Gasteiger partial charge in [0, 0.05) is 5.56 Å². The summed E-state index contributed by atoms with van der Waals surface area (Å²) in [5.74, 6) is 2.56. The van der Waals surface area contributed by atoms with Gasteiger partial charge in [0.1, 0.15) is 23.9 Å². The summed E-state index contributed by atoms with van der Waals surface area (Å²) >= 11 is 0. The number of aryl methyl sites for hydroxylation is 3. The van der Waals surface area contributed by atoms with Gasteiger partial charge < -0.3 is 14.9 Å². The SMILES string of the molecule is Cc1cc(C)cc(OCc2cc(CN)oc2C)c1. The largest absolute Gasteiger partial charge is 0.489 e. The quantitative estimate of drug-likeness (QED) is 0.899. The Kier molecular flexibility index (Phi) is 3.72. The zero-order valence-electron chi connectivity index (χ0n) is 11.1. The minimum Gasteiger partial charge on any atom is -0.489 e. The van der Waals surface area contributed by atoms with Crippen molar-refractivity contribution < 1.29 is 9.15 Å². The third-order valence-corrected chi connectivity index (χ3v) is 2.86. The molecule has 2 aromatic rings. The van der Waals surface area contributed by atoms with Crippen LogP contribution < -0.4 is 10.5 Å². The lowest BCUT2D eigenvalue weighted by Crippen LogP contribution is -1.96. The fraction of sp³-hybridized carbons (Fsp3) is 0.333. The van der Waals surface area contributed by atoms with Crippen molar-refractivity contribution in [3.8, 4) is 5.75 Å². The van der Waals surface area contributed by atoms with Gasteiger partial charge in [-0.05, 0) is 50.1 Å². The Hall–Kier alpha value is -1.74. The maximum atomic E-state index is 5.79. The summed E-state index contributed by atoms with van der Waals surface area (Å²) in [5, 5.41) is 0. The van der Waals surface area contributed by atoms with Gasteiger partial charge in [-0.1, -0.05) is 6.07 Å². The molecule has 0 aliphatic carbocycles. The molecule has 0 saturated heterocycles. The first-order valence-corrected chi connectivity index (χ1v) is 6.08. The molecule has 0 aliphatic heterocycles. The number of hydrogen-bond donors (Lipinski definition) is 1. The zero-order valence-corrected chi connectivity index (χ0v) is 11.1. The minimum absolute atomic E-state index is 0.421. The van der Waals surface area contributed by atoms with E-state index in [0.717, 1.165) is 22.8 Å². The summed E-state index contributed by atoms with van der Waals surface area (Å²) < 4.78 is 11.3. The number of ether oxygens (including phenoxy) is 1. The lowest BCUT2D eigenvalue weighted by Gasteiger charge is -2.07. The van der Waals surface area contributed by atoms with E-state index in [-0.39, 0.29) is 0 Å². The highest BCUT2D eigenvalue weighted by molar-refractivity contribution is 5.33.